The molecule has 1 aliphatic rings. The summed E-state index contributed by atoms with van der Waals surface area (Å²) in [6.07, 6.45) is 6.13. The molecule has 0 aliphatic heterocycles. The molecule has 2 N–H and O–H groups in total. The van der Waals surface area contributed by atoms with Crippen LogP contribution in [0.25, 0.3) is 0 Å². The van der Waals surface area contributed by atoms with Crippen molar-refractivity contribution in [2.24, 2.45) is 0 Å². The topological polar surface area (TPSA) is 32.3 Å². The van der Waals surface area contributed by atoms with E-state index in [9.17, 15) is 5.11 Å². The monoisotopic (exact) mass is 175 g/mol. The SMILES string of the molecule is CSNC1CCC(C)(O)CC1. The number of rotatable bonds is 2. The first kappa shape index (κ1) is 9.36. The van der Waals surface area contributed by atoms with Gasteiger partial charge in [-0.3, -0.25) is 4.72 Å². The van der Waals surface area contributed by atoms with Gasteiger partial charge in [0.15, 0.2) is 0 Å². The van der Waals surface area contributed by atoms with Gasteiger partial charge >= 0.3 is 0 Å². The molecule has 0 amide bonds. The molecule has 11 heavy (non-hydrogen) atoms. The van der Waals surface area contributed by atoms with Crippen LogP contribution in [0, 0.1) is 0 Å². The van der Waals surface area contributed by atoms with E-state index in [0.29, 0.717) is 6.04 Å². The van der Waals surface area contributed by atoms with Crippen LogP contribution in [0.15, 0.2) is 0 Å². The zero-order chi connectivity index (χ0) is 8.32. The Morgan fingerprint density at radius 1 is 1.45 bits per heavy atom. The van der Waals surface area contributed by atoms with Crippen molar-refractivity contribution >= 4 is 11.9 Å². The molecule has 1 saturated carbocycles. The van der Waals surface area contributed by atoms with Gasteiger partial charge in [0.25, 0.3) is 0 Å². The highest BCUT2D eigenvalue weighted by atomic mass is 32.2. The molecule has 3 heteroatoms. The second kappa shape index (κ2) is 3.78. The molecular weight excluding hydrogens is 158 g/mol. The fourth-order valence-electron chi connectivity index (χ4n) is 1.52. The predicted octanol–water partition coefficient (Wildman–Crippen LogP) is 1.55. The van der Waals surface area contributed by atoms with Crippen molar-refractivity contribution in [3.05, 3.63) is 0 Å². The van der Waals surface area contributed by atoms with Crippen molar-refractivity contribution in [1.29, 1.82) is 0 Å². The van der Waals surface area contributed by atoms with Gasteiger partial charge in [0.1, 0.15) is 0 Å². The molecule has 0 aromatic rings. The lowest BCUT2D eigenvalue weighted by Crippen LogP contribution is -2.37. The van der Waals surface area contributed by atoms with Crippen molar-refractivity contribution in [1.82, 2.24) is 4.72 Å². The van der Waals surface area contributed by atoms with Crippen molar-refractivity contribution < 1.29 is 5.11 Å². The molecule has 0 spiro atoms. The van der Waals surface area contributed by atoms with Gasteiger partial charge in [0.2, 0.25) is 0 Å². The lowest BCUT2D eigenvalue weighted by atomic mass is 9.84. The number of nitrogens with one attached hydrogen (secondary N) is 1. The smallest absolute Gasteiger partial charge is 0.0621 e. The van der Waals surface area contributed by atoms with Gasteiger partial charge in [-0.1, -0.05) is 11.9 Å². The summed E-state index contributed by atoms with van der Waals surface area (Å²) in [5.41, 5.74) is -0.392. The van der Waals surface area contributed by atoms with Crippen LogP contribution < -0.4 is 4.72 Å². The molecule has 0 atom stereocenters. The van der Waals surface area contributed by atoms with Gasteiger partial charge in [-0.05, 0) is 38.9 Å². The molecule has 66 valence electrons. The van der Waals surface area contributed by atoms with Crippen molar-refractivity contribution in [3.8, 4) is 0 Å². The summed E-state index contributed by atoms with van der Waals surface area (Å²) in [4.78, 5) is 0. The Bertz CT molecular complexity index is 117. The Labute approximate surface area is 72.9 Å². The maximum absolute atomic E-state index is 9.63. The van der Waals surface area contributed by atoms with Crippen LogP contribution in [0.5, 0.6) is 0 Å². The second-order valence-corrected chi connectivity index (χ2v) is 4.24. The molecule has 0 radical (unpaired) electrons. The lowest BCUT2D eigenvalue weighted by molar-refractivity contribution is 0.0166. The van der Waals surface area contributed by atoms with E-state index in [0.717, 1.165) is 25.7 Å². The first-order chi connectivity index (χ1) is 5.14. The molecule has 0 heterocycles. The molecule has 0 unspecified atom stereocenters. The summed E-state index contributed by atoms with van der Waals surface area (Å²) in [5, 5.41) is 9.63. The Morgan fingerprint density at radius 3 is 2.45 bits per heavy atom. The Hall–Kier alpha value is 0.270. The van der Waals surface area contributed by atoms with Gasteiger partial charge in [-0.25, -0.2) is 0 Å². The third-order valence-corrected chi connectivity index (χ3v) is 2.92. The molecule has 1 fully saturated rings. The van der Waals surface area contributed by atoms with Gasteiger partial charge in [-0.2, -0.15) is 0 Å². The minimum Gasteiger partial charge on any atom is -0.390 e. The number of hydrogen-bond acceptors (Lipinski definition) is 3. The summed E-state index contributed by atoms with van der Waals surface area (Å²) < 4.78 is 3.33. The third-order valence-electron chi connectivity index (χ3n) is 2.35. The zero-order valence-corrected chi connectivity index (χ0v) is 8.08. The van der Waals surface area contributed by atoms with Gasteiger partial charge in [-0.15, -0.1) is 0 Å². The highest BCUT2D eigenvalue weighted by molar-refractivity contribution is 7.96. The van der Waals surface area contributed by atoms with Crippen molar-refractivity contribution in [2.75, 3.05) is 6.26 Å². The second-order valence-electron chi connectivity index (χ2n) is 3.59. The van der Waals surface area contributed by atoms with Gasteiger partial charge in [0, 0.05) is 6.04 Å². The molecule has 2 nitrogen and oxygen atoms in total. The fraction of sp³-hybridized carbons (Fsp3) is 1.00. The molecule has 0 aromatic heterocycles. The van der Waals surface area contributed by atoms with Crippen molar-refractivity contribution in [2.45, 2.75) is 44.2 Å². The molecule has 0 aromatic carbocycles. The summed E-state index contributed by atoms with van der Waals surface area (Å²) in [7, 11) is 0. The quantitative estimate of drug-likeness (QED) is 0.625. The van der Waals surface area contributed by atoms with E-state index < -0.39 is 5.60 Å². The Balaban J connectivity index is 2.25. The van der Waals surface area contributed by atoms with E-state index in [4.69, 9.17) is 0 Å². The summed E-state index contributed by atoms with van der Waals surface area (Å²) in [6, 6.07) is 0.616. The van der Waals surface area contributed by atoms with E-state index in [-0.39, 0.29) is 0 Å². The van der Waals surface area contributed by atoms with Crippen molar-refractivity contribution in [3.63, 3.8) is 0 Å². The van der Waals surface area contributed by atoms with Gasteiger partial charge in [0.05, 0.1) is 5.60 Å². The zero-order valence-electron chi connectivity index (χ0n) is 7.26. The van der Waals surface area contributed by atoms with E-state index in [1.54, 1.807) is 11.9 Å². The highest BCUT2D eigenvalue weighted by Crippen LogP contribution is 2.27. The highest BCUT2D eigenvalue weighted by Gasteiger charge is 2.27. The summed E-state index contributed by atoms with van der Waals surface area (Å²) in [6.45, 7) is 1.93. The van der Waals surface area contributed by atoms with E-state index in [1.807, 2.05) is 13.2 Å². The maximum atomic E-state index is 9.63. The fourth-order valence-corrected chi connectivity index (χ4v) is 2.09. The van der Waals surface area contributed by atoms with Gasteiger partial charge < -0.3 is 5.11 Å². The summed E-state index contributed by atoms with van der Waals surface area (Å²) >= 11 is 1.68. The van der Waals surface area contributed by atoms with Crippen LogP contribution >= 0.6 is 11.9 Å². The minimum atomic E-state index is -0.392. The van der Waals surface area contributed by atoms with Crippen LogP contribution in [0.3, 0.4) is 0 Å². The minimum absolute atomic E-state index is 0.392. The molecular formula is C8H17NOS. The third kappa shape index (κ3) is 3.01. The molecule has 1 aliphatic carbocycles. The average molecular weight is 175 g/mol. The van der Waals surface area contributed by atoms with E-state index in [2.05, 4.69) is 4.72 Å². The van der Waals surface area contributed by atoms with E-state index in [1.165, 1.54) is 0 Å². The molecule has 1 rings (SSSR count). The average Bonchev–Trinajstić information content (AvgIpc) is 1.94. The summed E-state index contributed by atoms with van der Waals surface area (Å²) in [5.74, 6) is 0. The lowest BCUT2D eigenvalue weighted by Gasteiger charge is -2.32. The van der Waals surface area contributed by atoms with Crippen LogP contribution in [0.4, 0.5) is 0 Å². The molecule has 0 bridgehead atoms. The van der Waals surface area contributed by atoms with E-state index >= 15 is 0 Å². The Kier molecular flexibility index (Phi) is 3.22. The Morgan fingerprint density at radius 2 is 2.00 bits per heavy atom. The largest absolute Gasteiger partial charge is 0.390 e. The first-order valence-corrected chi connectivity index (χ1v) is 5.37. The first-order valence-electron chi connectivity index (χ1n) is 4.15. The molecule has 0 saturated heterocycles. The predicted molar refractivity (Wildman–Crippen MR) is 49.5 cm³/mol. The normalized spacial score (nSPS) is 39.0. The standard InChI is InChI=1S/C8H17NOS/c1-8(10)5-3-7(4-6-8)9-11-2/h7,9-10H,3-6H2,1-2H3. The van der Waals surface area contributed by atoms with Crippen LogP contribution in [0.2, 0.25) is 0 Å². The van der Waals surface area contributed by atoms with Crippen LogP contribution in [-0.4, -0.2) is 23.0 Å². The number of hydrogen-bond donors (Lipinski definition) is 2. The number of aliphatic hydroxyl groups is 1. The van der Waals surface area contributed by atoms with Crippen LogP contribution in [-0.2, 0) is 0 Å². The van der Waals surface area contributed by atoms with Crippen LogP contribution in [0.1, 0.15) is 32.6 Å². The maximum Gasteiger partial charge on any atom is 0.0621 e.